The molecule has 0 radical (unpaired) electrons. The third kappa shape index (κ3) is 6.78. The highest BCUT2D eigenvalue weighted by Gasteiger charge is 2.25. The lowest BCUT2D eigenvalue weighted by Crippen LogP contribution is -2.48. The van der Waals surface area contributed by atoms with Gasteiger partial charge in [0.25, 0.3) is 11.8 Å². The van der Waals surface area contributed by atoms with E-state index in [1.807, 2.05) is 6.07 Å². The molecule has 2 N–H and O–H groups in total. The van der Waals surface area contributed by atoms with Gasteiger partial charge in [-0.25, -0.2) is 9.82 Å². The van der Waals surface area contributed by atoms with Crippen molar-refractivity contribution in [1.82, 2.24) is 10.7 Å². The number of hydrogen-bond acceptors (Lipinski definition) is 5. The highest BCUT2D eigenvalue weighted by molar-refractivity contribution is 14.1. The zero-order valence-corrected chi connectivity index (χ0v) is 20.2. The van der Waals surface area contributed by atoms with E-state index in [0.29, 0.717) is 23.7 Å². The average molecular weight is 553 g/mol. The van der Waals surface area contributed by atoms with Gasteiger partial charge in [0, 0.05) is 0 Å². The van der Waals surface area contributed by atoms with Gasteiger partial charge < -0.3 is 14.8 Å². The summed E-state index contributed by atoms with van der Waals surface area (Å²) >= 11 is 2.11. The highest BCUT2D eigenvalue weighted by Crippen LogP contribution is 2.33. The number of methoxy groups -OCH3 is 1. The number of hydrazone groups is 1. The molecule has 0 saturated carbocycles. The maximum Gasteiger partial charge on any atom is 0.262 e. The Bertz CT molecular complexity index is 1010. The maximum atomic E-state index is 13.9. The second kappa shape index (κ2) is 12.2. The predicted octanol–water partition coefficient (Wildman–Crippen LogP) is 3.91. The van der Waals surface area contributed by atoms with Gasteiger partial charge in [0.1, 0.15) is 18.5 Å². The summed E-state index contributed by atoms with van der Waals surface area (Å²) in [5, 5.41) is 6.55. The zero-order chi connectivity index (χ0) is 23.7. The zero-order valence-electron chi connectivity index (χ0n) is 18.0. The summed E-state index contributed by atoms with van der Waals surface area (Å²) < 4.78 is 25.6. The minimum Gasteiger partial charge on any atom is -0.493 e. The molecule has 2 rings (SSSR count). The van der Waals surface area contributed by atoms with Crippen molar-refractivity contribution in [1.29, 1.82) is 0 Å². The van der Waals surface area contributed by atoms with Gasteiger partial charge >= 0.3 is 0 Å². The van der Waals surface area contributed by atoms with Crippen LogP contribution < -0.4 is 20.2 Å². The molecule has 1 unspecified atom stereocenters. The highest BCUT2D eigenvalue weighted by atomic mass is 127. The summed E-state index contributed by atoms with van der Waals surface area (Å²) in [6.45, 7) is 7.50. The lowest BCUT2D eigenvalue weighted by atomic mass is 10.0. The standard InChI is InChI=1S/C23H25FIN3O4/c1-5-10-32-21-18(25)11-15(12-19(21)31-4)13-26-28-23(30)20(14(2)3)27-22(29)16-8-6-7-9-17(16)24/h5-9,11-14,20H,1,10H2,2-4H3,(H,27,29)(H,28,30)/b26-13+. The second-order valence-corrected chi connectivity index (χ2v) is 8.21. The topological polar surface area (TPSA) is 89.0 Å². The van der Waals surface area contributed by atoms with Gasteiger partial charge in [-0.15, -0.1) is 0 Å². The molecule has 2 aromatic carbocycles. The van der Waals surface area contributed by atoms with Crippen LogP contribution in [0.15, 0.2) is 54.2 Å². The Hall–Kier alpha value is -2.95. The molecule has 1 atom stereocenters. The van der Waals surface area contributed by atoms with Gasteiger partial charge in [-0.3, -0.25) is 9.59 Å². The Morgan fingerprint density at radius 2 is 2.00 bits per heavy atom. The fraction of sp³-hybridized carbons (Fsp3) is 0.261. The van der Waals surface area contributed by atoms with E-state index in [0.717, 1.165) is 3.57 Å². The molecule has 0 aliphatic carbocycles. The smallest absolute Gasteiger partial charge is 0.262 e. The molecular weight excluding hydrogens is 528 g/mol. The van der Waals surface area contributed by atoms with Crippen LogP contribution >= 0.6 is 22.6 Å². The Balaban J connectivity index is 2.10. The van der Waals surface area contributed by atoms with Crippen LogP contribution in [-0.4, -0.2) is 37.8 Å². The van der Waals surface area contributed by atoms with E-state index in [9.17, 15) is 14.0 Å². The molecule has 2 aromatic rings. The Labute approximate surface area is 200 Å². The fourth-order valence-electron chi connectivity index (χ4n) is 2.74. The Morgan fingerprint density at radius 3 is 2.62 bits per heavy atom. The van der Waals surface area contributed by atoms with E-state index in [1.165, 1.54) is 31.5 Å². The van der Waals surface area contributed by atoms with Crippen molar-refractivity contribution < 1.29 is 23.5 Å². The first-order chi connectivity index (χ1) is 15.3. The van der Waals surface area contributed by atoms with Crippen molar-refractivity contribution in [3.63, 3.8) is 0 Å². The minimum absolute atomic E-state index is 0.130. The molecule has 7 nitrogen and oxygen atoms in total. The number of ether oxygens (including phenoxy) is 2. The SMILES string of the molecule is C=CCOc1c(I)cc(/C=N/NC(=O)C(NC(=O)c2ccccc2F)C(C)C)cc1OC. The second-order valence-electron chi connectivity index (χ2n) is 7.04. The number of rotatable bonds is 10. The first-order valence-corrected chi connectivity index (χ1v) is 10.9. The summed E-state index contributed by atoms with van der Waals surface area (Å²) in [5.41, 5.74) is 2.97. The normalized spacial score (nSPS) is 11.8. The lowest BCUT2D eigenvalue weighted by Gasteiger charge is -2.20. The van der Waals surface area contributed by atoms with Crippen LogP contribution in [0.2, 0.25) is 0 Å². The van der Waals surface area contributed by atoms with Crippen LogP contribution in [0.4, 0.5) is 4.39 Å². The van der Waals surface area contributed by atoms with Crippen LogP contribution in [0.1, 0.15) is 29.8 Å². The number of halogens is 2. The van der Waals surface area contributed by atoms with Crippen molar-refractivity contribution in [2.24, 2.45) is 11.0 Å². The van der Waals surface area contributed by atoms with Crippen LogP contribution in [0.25, 0.3) is 0 Å². The molecule has 0 fully saturated rings. The van der Waals surface area contributed by atoms with E-state index in [4.69, 9.17) is 9.47 Å². The summed E-state index contributed by atoms with van der Waals surface area (Å²) in [6.07, 6.45) is 3.09. The van der Waals surface area contributed by atoms with Crippen molar-refractivity contribution in [3.05, 3.63) is 69.6 Å². The number of nitrogens with zero attached hydrogens (tertiary/aromatic N) is 1. The minimum atomic E-state index is -0.899. The first-order valence-electron chi connectivity index (χ1n) is 9.78. The molecule has 9 heteroatoms. The van der Waals surface area contributed by atoms with Gasteiger partial charge in [-0.05, 0) is 58.3 Å². The summed E-state index contributed by atoms with van der Waals surface area (Å²) in [6, 6.07) is 8.22. The molecule has 0 aromatic heterocycles. The van der Waals surface area contributed by atoms with Gasteiger partial charge in [0.05, 0.1) is 22.5 Å². The van der Waals surface area contributed by atoms with Crippen molar-refractivity contribution >= 4 is 40.6 Å². The van der Waals surface area contributed by atoms with Crippen LogP contribution in [0, 0.1) is 15.3 Å². The number of carbonyl (C=O) groups is 2. The summed E-state index contributed by atoms with van der Waals surface area (Å²) in [5.74, 6) is -0.990. The van der Waals surface area contributed by atoms with Crippen LogP contribution in [0.5, 0.6) is 11.5 Å². The van der Waals surface area contributed by atoms with E-state index in [2.05, 4.69) is 45.0 Å². The van der Waals surface area contributed by atoms with Crippen molar-refractivity contribution in [3.8, 4) is 11.5 Å². The lowest BCUT2D eigenvalue weighted by molar-refractivity contribution is -0.123. The monoisotopic (exact) mass is 553 g/mol. The van der Waals surface area contributed by atoms with Gasteiger partial charge in [-0.2, -0.15) is 5.10 Å². The Kier molecular flexibility index (Phi) is 9.63. The number of hydrogen-bond donors (Lipinski definition) is 2. The maximum absolute atomic E-state index is 13.9. The van der Waals surface area contributed by atoms with Crippen LogP contribution in [0.3, 0.4) is 0 Å². The molecule has 2 amide bonds. The molecule has 32 heavy (non-hydrogen) atoms. The third-order valence-corrected chi connectivity index (χ3v) is 5.14. The number of nitrogens with one attached hydrogen (secondary N) is 2. The Morgan fingerprint density at radius 1 is 1.28 bits per heavy atom. The quantitative estimate of drug-likeness (QED) is 0.202. The molecule has 0 aliphatic heterocycles. The average Bonchev–Trinajstić information content (AvgIpc) is 2.76. The van der Waals surface area contributed by atoms with Gasteiger partial charge in [0.15, 0.2) is 11.5 Å². The summed E-state index contributed by atoms with van der Waals surface area (Å²) in [4.78, 5) is 25.0. The number of carbonyl (C=O) groups excluding carboxylic acids is 2. The van der Waals surface area contributed by atoms with E-state index in [-0.39, 0.29) is 11.5 Å². The molecular formula is C23H25FIN3O4. The number of benzene rings is 2. The van der Waals surface area contributed by atoms with Crippen LogP contribution in [-0.2, 0) is 4.79 Å². The molecule has 0 aliphatic rings. The largest absolute Gasteiger partial charge is 0.493 e. The van der Waals surface area contributed by atoms with E-state index in [1.54, 1.807) is 32.1 Å². The van der Waals surface area contributed by atoms with Crippen molar-refractivity contribution in [2.75, 3.05) is 13.7 Å². The molecule has 0 heterocycles. The van der Waals surface area contributed by atoms with E-state index >= 15 is 0 Å². The van der Waals surface area contributed by atoms with Crippen molar-refractivity contribution in [2.45, 2.75) is 19.9 Å². The third-order valence-electron chi connectivity index (χ3n) is 4.34. The summed E-state index contributed by atoms with van der Waals surface area (Å²) in [7, 11) is 1.53. The van der Waals surface area contributed by atoms with E-state index < -0.39 is 23.7 Å². The molecule has 170 valence electrons. The van der Waals surface area contributed by atoms with Gasteiger partial charge in [-0.1, -0.05) is 38.6 Å². The molecule has 0 bridgehead atoms. The number of amides is 2. The molecule has 0 spiro atoms. The fourth-order valence-corrected chi connectivity index (χ4v) is 3.52. The van der Waals surface area contributed by atoms with Gasteiger partial charge in [0.2, 0.25) is 0 Å². The molecule has 0 saturated heterocycles. The first kappa shape index (κ1) is 25.3. The predicted molar refractivity (Wildman–Crippen MR) is 130 cm³/mol.